The number of aliphatic hydroxyl groups excluding tert-OH is 1. The molecule has 1 rings (SSSR count). The Morgan fingerprint density at radius 1 is 1.36 bits per heavy atom. The van der Waals surface area contributed by atoms with Crippen LogP contribution in [0.4, 0.5) is 0 Å². The first-order valence-corrected chi connectivity index (χ1v) is 3.52. The molecule has 1 aliphatic carbocycles. The second-order valence-electron chi connectivity index (χ2n) is 2.51. The van der Waals surface area contributed by atoms with Gasteiger partial charge in [-0.1, -0.05) is 0 Å². The number of rotatable bonds is 1. The van der Waals surface area contributed by atoms with E-state index in [0.717, 1.165) is 0 Å². The van der Waals surface area contributed by atoms with Gasteiger partial charge in [-0.05, 0) is 25.0 Å². The van der Waals surface area contributed by atoms with Crippen LogP contribution in [-0.2, 0) is 4.79 Å². The molecule has 0 amide bonds. The zero-order valence-electron chi connectivity index (χ0n) is 6.08. The minimum Gasteiger partial charge on any atom is -0.512 e. The standard InChI is InChI=1S/C8H10O3/c9-7-3-1-2-6(4-5-7)8(10)11/h4-5,9H,1-3H2,(H,10,11). The highest BCUT2D eigenvalue weighted by molar-refractivity contribution is 5.86. The molecule has 0 bridgehead atoms. The largest absolute Gasteiger partial charge is 0.512 e. The van der Waals surface area contributed by atoms with E-state index in [0.29, 0.717) is 24.8 Å². The van der Waals surface area contributed by atoms with Crippen LogP contribution in [0.15, 0.2) is 23.5 Å². The lowest BCUT2D eigenvalue weighted by molar-refractivity contribution is -0.132. The van der Waals surface area contributed by atoms with Crippen molar-refractivity contribution in [2.45, 2.75) is 19.3 Å². The minimum absolute atomic E-state index is 0.265. The number of aliphatic carboxylic acids is 1. The van der Waals surface area contributed by atoms with Gasteiger partial charge in [0.2, 0.25) is 0 Å². The summed E-state index contributed by atoms with van der Waals surface area (Å²) in [7, 11) is 0. The maximum atomic E-state index is 10.4. The maximum Gasteiger partial charge on any atom is 0.331 e. The Balaban J connectivity index is 2.74. The molecule has 0 atom stereocenters. The van der Waals surface area contributed by atoms with Gasteiger partial charge in [0.1, 0.15) is 0 Å². The lowest BCUT2D eigenvalue weighted by atomic mass is 10.1. The molecule has 0 fully saturated rings. The smallest absolute Gasteiger partial charge is 0.331 e. The van der Waals surface area contributed by atoms with E-state index in [-0.39, 0.29) is 5.76 Å². The Morgan fingerprint density at radius 2 is 2.09 bits per heavy atom. The molecule has 0 aliphatic heterocycles. The molecule has 3 heteroatoms. The van der Waals surface area contributed by atoms with Gasteiger partial charge in [0.25, 0.3) is 0 Å². The van der Waals surface area contributed by atoms with Crippen molar-refractivity contribution in [3.05, 3.63) is 23.5 Å². The predicted octanol–water partition coefficient (Wildman–Crippen LogP) is 1.62. The van der Waals surface area contributed by atoms with Crippen molar-refractivity contribution in [1.82, 2.24) is 0 Å². The quantitative estimate of drug-likeness (QED) is 0.603. The molecule has 0 spiro atoms. The van der Waals surface area contributed by atoms with Crippen LogP contribution in [0.25, 0.3) is 0 Å². The second-order valence-corrected chi connectivity index (χ2v) is 2.51. The van der Waals surface area contributed by atoms with Gasteiger partial charge in [-0.3, -0.25) is 0 Å². The summed E-state index contributed by atoms with van der Waals surface area (Å²) in [6.07, 6.45) is 4.74. The molecule has 0 unspecified atom stereocenters. The molecule has 1 aliphatic rings. The fourth-order valence-electron chi connectivity index (χ4n) is 1.00. The average molecular weight is 154 g/mol. The highest BCUT2D eigenvalue weighted by Gasteiger charge is 2.08. The van der Waals surface area contributed by atoms with Crippen LogP contribution in [-0.4, -0.2) is 16.2 Å². The lowest BCUT2D eigenvalue weighted by Gasteiger charge is -1.96. The van der Waals surface area contributed by atoms with E-state index in [2.05, 4.69) is 0 Å². The van der Waals surface area contributed by atoms with Crippen LogP contribution in [0.2, 0.25) is 0 Å². The number of aliphatic hydroxyl groups is 1. The zero-order valence-corrected chi connectivity index (χ0v) is 6.08. The van der Waals surface area contributed by atoms with Crippen molar-refractivity contribution in [3.8, 4) is 0 Å². The molecule has 0 aromatic rings. The Bertz CT molecular complexity index is 225. The maximum absolute atomic E-state index is 10.4. The van der Waals surface area contributed by atoms with Gasteiger partial charge in [0.15, 0.2) is 0 Å². The van der Waals surface area contributed by atoms with Gasteiger partial charge in [-0.15, -0.1) is 0 Å². The monoisotopic (exact) mass is 154 g/mol. The van der Waals surface area contributed by atoms with E-state index in [1.54, 1.807) is 0 Å². The Hall–Kier alpha value is -1.25. The van der Waals surface area contributed by atoms with Crippen molar-refractivity contribution in [3.63, 3.8) is 0 Å². The van der Waals surface area contributed by atoms with Gasteiger partial charge in [0.05, 0.1) is 5.76 Å². The number of carboxylic acids is 1. The van der Waals surface area contributed by atoms with Crippen LogP contribution >= 0.6 is 0 Å². The van der Waals surface area contributed by atoms with Gasteiger partial charge >= 0.3 is 5.97 Å². The Kier molecular flexibility index (Phi) is 2.31. The molecule has 11 heavy (non-hydrogen) atoms. The van der Waals surface area contributed by atoms with Crippen LogP contribution in [0, 0.1) is 0 Å². The summed E-state index contributed by atoms with van der Waals surface area (Å²) in [5.74, 6) is -0.628. The molecule has 0 radical (unpaired) electrons. The molecule has 0 heterocycles. The van der Waals surface area contributed by atoms with E-state index in [1.807, 2.05) is 0 Å². The normalized spacial score (nSPS) is 18.2. The zero-order chi connectivity index (χ0) is 8.27. The van der Waals surface area contributed by atoms with Crippen molar-refractivity contribution in [1.29, 1.82) is 0 Å². The second kappa shape index (κ2) is 3.23. The number of allylic oxidation sites excluding steroid dienone is 3. The number of hydrogen-bond acceptors (Lipinski definition) is 2. The van der Waals surface area contributed by atoms with Crippen molar-refractivity contribution < 1.29 is 15.0 Å². The molecule has 0 aromatic carbocycles. The van der Waals surface area contributed by atoms with Crippen molar-refractivity contribution in [2.75, 3.05) is 0 Å². The molecular formula is C8H10O3. The topological polar surface area (TPSA) is 57.5 Å². The molecule has 60 valence electrons. The first-order valence-electron chi connectivity index (χ1n) is 3.52. The van der Waals surface area contributed by atoms with E-state index in [4.69, 9.17) is 10.2 Å². The molecule has 0 aromatic heterocycles. The SMILES string of the molecule is O=C(O)C1=CC=C(O)CCC1. The number of carboxylic acid groups (broad SMARTS) is 1. The van der Waals surface area contributed by atoms with E-state index >= 15 is 0 Å². The van der Waals surface area contributed by atoms with Crippen molar-refractivity contribution >= 4 is 5.97 Å². The van der Waals surface area contributed by atoms with Crippen LogP contribution in [0.1, 0.15) is 19.3 Å². The fourth-order valence-corrected chi connectivity index (χ4v) is 1.00. The molecule has 2 N–H and O–H groups in total. The van der Waals surface area contributed by atoms with Crippen molar-refractivity contribution in [2.24, 2.45) is 0 Å². The van der Waals surface area contributed by atoms with E-state index in [9.17, 15) is 4.79 Å². The Labute approximate surface area is 64.7 Å². The van der Waals surface area contributed by atoms with Gasteiger partial charge in [-0.2, -0.15) is 0 Å². The summed E-state index contributed by atoms with van der Waals surface area (Å²) in [4.78, 5) is 10.4. The van der Waals surface area contributed by atoms with Crippen LogP contribution < -0.4 is 0 Å². The third-order valence-electron chi connectivity index (χ3n) is 1.63. The number of hydrogen-bond donors (Lipinski definition) is 2. The summed E-state index contributed by atoms with van der Waals surface area (Å²) in [6.45, 7) is 0. The molecule has 0 saturated heterocycles. The third-order valence-corrected chi connectivity index (χ3v) is 1.63. The average Bonchev–Trinajstić information content (AvgIpc) is 2.13. The molecular weight excluding hydrogens is 144 g/mol. The fraction of sp³-hybridized carbons (Fsp3) is 0.375. The molecule has 3 nitrogen and oxygen atoms in total. The predicted molar refractivity (Wildman–Crippen MR) is 40.3 cm³/mol. The van der Waals surface area contributed by atoms with Gasteiger partial charge < -0.3 is 10.2 Å². The van der Waals surface area contributed by atoms with E-state index < -0.39 is 5.97 Å². The summed E-state index contributed by atoms with van der Waals surface area (Å²) < 4.78 is 0. The summed E-state index contributed by atoms with van der Waals surface area (Å²) in [5, 5.41) is 17.6. The van der Waals surface area contributed by atoms with Gasteiger partial charge in [0, 0.05) is 12.0 Å². The third kappa shape index (κ3) is 2.11. The van der Waals surface area contributed by atoms with E-state index in [1.165, 1.54) is 12.2 Å². The van der Waals surface area contributed by atoms with Gasteiger partial charge in [-0.25, -0.2) is 4.79 Å². The lowest BCUT2D eigenvalue weighted by Crippen LogP contribution is -1.98. The molecule has 0 saturated carbocycles. The number of carbonyl (C=O) groups is 1. The Morgan fingerprint density at radius 3 is 2.73 bits per heavy atom. The summed E-state index contributed by atoms with van der Waals surface area (Å²) >= 11 is 0. The first-order chi connectivity index (χ1) is 5.20. The summed E-state index contributed by atoms with van der Waals surface area (Å²) in [6, 6.07) is 0. The highest BCUT2D eigenvalue weighted by atomic mass is 16.4. The summed E-state index contributed by atoms with van der Waals surface area (Å²) in [5.41, 5.74) is 0.369. The first kappa shape index (κ1) is 7.85. The van der Waals surface area contributed by atoms with Crippen LogP contribution in [0.3, 0.4) is 0 Å². The highest BCUT2D eigenvalue weighted by Crippen LogP contribution is 2.15. The minimum atomic E-state index is -0.893. The van der Waals surface area contributed by atoms with Crippen LogP contribution in [0.5, 0.6) is 0 Å².